The molecule has 0 aliphatic heterocycles. The Morgan fingerprint density at radius 1 is 1.21 bits per heavy atom. The molecule has 0 unspecified atom stereocenters. The molecule has 3 aromatic rings. The van der Waals surface area contributed by atoms with Gasteiger partial charge in [-0.15, -0.1) is 0 Å². The second kappa shape index (κ2) is 8.37. The summed E-state index contributed by atoms with van der Waals surface area (Å²) in [4.78, 5) is 16.9. The van der Waals surface area contributed by atoms with Crippen molar-refractivity contribution >= 4 is 11.6 Å². The first-order valence-electron chi connectivity index (χ1n) is 9.25. The van der Waals surface area contributed by atoms with Crippen LogP contribution in [0.15, 0.2) is 30.5 Å². The molecule has 2 aromatic heterocycles. The molecule has 148 valence electrons. The van der Waals surface area contributed by atoms with Crippen molar-refractivity contribution in [2.24, 2.45) is 0 Å². The zero-order chi connectivity index (χ0) is 20.3. The number of aryl methyl sites for hydroxylation is 3. The minimum Gasteiger partial charge on any atom is -0.493 e. The van der Waals surface area contributed by atoms with E-state index in [1.807, 2.05) is 37.4 Å². The predicted octanol–water partition coefficient (Wildman–Crippen LogP) is 3.99. The Balaban J connectivity index is 1.55. The van der Waals surface area contributed by atoms with Gasteiger partial charge in [0.25, 0.3) is 5.91 Å². The van der Waals surface area contributed by atoms with Crippen LogP contribution < -0.4 is 10.1 Å². The molecular weight excluding hydrogens is 364 g/mol. The van der Waals surface area contributed by atoms with Gasteiger partial charge >= 0.3 is 0 Å². The highest BCUT2D eigenvalue weighted by atomic mass is 19.2. The molecule has 1 amide bonds. The minimum atomic E-state index is -0.931. The first kappa shape index (κ1) is 19.8. The van der Waals surface area contributed by atoms with Crippen LogP contribution in [0.1, 0.15) is 40.7 Å². The number of rotatable bonds is 7. The highest BCUT2D eigenvalue weighted by Gasteiger charge is 2.14. The molecule has 1 N–H and O–H groups in total. The number of benzene rings is 1. The fourth-order valence-corrected chi connectivity index (χ4v) is 3.10. The Bertz CT molecular complexity index is 1010. The fourth-order valence-electron chi connectivity index (χ4n) is 3.10. The van der Waals surface area contributed by atoms with Crippen molar-refractivity contribution in [1.29, 1.82) is 0 Å². The van der Waals surface area contributed by atoms with Crippen LogP contribution in [-0.4, -0.2) is 28.4 Å². The molecular formula is C21H23F2N3O2. The summed E-state index contributed by atoms with van der Waals surface area (Å²) < 4.78 is 34.1. The molecule has 0 aliphatic rings. The number of carbonyl (C=O) groups excluding carboxylic acids is 1. The Labute approximate surface area is 162 Å². The Hall–Kier alpha value is -2.96. The molecule has 0 saturated carbocycles. The summed E-state index contributed by atoms with van der Waals surface area (Å²) in [7, 11) is 0. The van der Waals surface area contributed by atoms with Crippen LogP contribution in [0.2, 0.25) is 0 Å². The third-order valence-corrected chi connectivity index (χ3v) is 4.53. The number of nitrogens with one attached hydrogen (secondary N) is 1. The average Bonchev–Trinajstić information content (AvgIpc) is 3.08. The lowest BCUT2D eigenvalue weighted by molar-refractivity contribution is 0.0953. The second-order valence-electron chi connectivity index (χ2n) is 6.65. The second-order valence-corrected chi connectivity index (χ2v) is 6.65. The van der Waals surface area contributed by atoms with E-state index >= 15 is 0 Å². The molecule has 2 heterocycles. The highest BCUT2D eigenvalue weighted by Crippen LogP contribution is 2.23. The SMILES string of the molecule is CCc1cc(F)c(F)cc1OCCCNC(=O)c1ccn2c(C)cc(C)nc12. The van der Waals surface area contributed by atoms with Gasteiger partial charge in [0.15, 0.2) is 11.6 Å². The number of amides is 1. The van der Waals surface area contributed by atoms with Gasteiger partial charge in [-0.2, -0.15) is 0 Å². The summed E-state index contributed by atoms with van der Waals surface area (Å²) in [6, 6.07) is 5.92. The molecule has 0 spiro atoms. The van der Waals surface area contributed by atoms with Crippen LogP contribution in [0.4, 0.5) is 8.78 Å². The number of aromatic nitrogens is 2. The fraction of sp³-hybridized carbons (Fsp3) is 0.333. The number of carbonyl (C=O) groups is 1. The maximum absolute atomic E-state index is 13.4. The molecule has 0 bridgehead atoms. The van der Waals surface area contributed by atoms with E-state index in [1.54, 1.807) is 6.07 Å². The molecule has 0 aliphatic carbocycles. The van der Waals surface area contributed by atoms with Gasteiger partial charge in [-0.3, -0.25) is 4.79 Å². The van der Waals surface area contributed by atoms with E-state index in [2.05, 4.69) is 10.3 Å². The summed E-state index contributed by atoms with van der Waals surface area (Å²) in [6.45, 7) is 6.38. The Kier molecular flexibility index (Phi) is 5.92. The maximum atomic E-state index is 13.4. The third kappa shape index (κ3) is 4.13. The Morgan fingerprint density at radius 3 is 2.71 bits per heavy atom. The summed E-state index contributed by atoms with van der Waals surface area (Å²) in [5, 5.41) is 2.85. The molecule has 0 atom stereocenters. The van der Waals surface area contributed by atoms with Gasteiger partial charge < -0.3 is 14.5 Å². The summed E-state index contributed by atoms with van der Waals surface area (Å²) in [6.07, 6.45) is 2.90. The van der Waals surface area contributed by atoms with E-state index in [1.165, 1.54) is 0 Å². The zero-order valence-corrected chi connectivity index (χ0v) is 16.2. The van der Waals surface area contributed by atoms with Gasteiger partial charge in [0.05, 0.1) is 12.2 Å². The number of halogens is 2. The van der Waals surface area contributed by atoms with Crippen LogP contribution in [0.5, 0.6) is 5.75 Å². The lowest BCUT2D eigenvalue weighted by atomic mass is 10.1. The van der Waals surface area contributed by atoms with Gasteiger partial charge in [0, 0.05) is 30.2 Å². The first-order valence-corrected chi connectivity index (χ1v) is 9.25. The van der Waals surface area contributed by atoms with Gasteiger partial charge in [0.1, 0.15) is 11.4 Å². The number of fused-ring (bicyclic) bond motifs is 1. The summed E-state index contributed by atoms with van der Waals surface area (Å²) >= 11 is 0. The largest absolute Gasteiger partial charge is 0.493 e. The molecule has 7 heteroatoms. The van der Waals surface area contributed by atoms with Gasteiger partial charge in [-0.25, -0.2) is 13.8 Å². The topological polar surface area (TPSA) is 55.6 Å². The molecule has 0 saturated heterocycles. The van der Waals surface area contributed by atoms with Crippen LogP contribution in [0, 0.1) is 25.5 Å². The molecule has 5 nitrogen and oxygen atoms in total. The van der Waals surface area contributed by atoms with Crippen LogP contribution >= 0.6 is 0 Å². The zero-order valence-electron chi connectivity index (χ0n) is 16.2. The quantitative estimate of drug-likeness (QED) is 0.624. The van der Waals surface area contributed by atoms with E-state index in [0.29, 0.717) is 41.9 Å². The standard InChI is InChI=1S/C21H23F2N3O2/c1-4-15-11-17(22)18(23)12-19(15)28-9-5-7-24-21(27)16-6-8-26-14(3)10-13(2)25-20(16)26/h6,8,10-12H,4-5,7,9H2,1-3H3,(H,24,27). The third-order valence-electron chi connectivity index (χ3n) is 4.53. The minimum absolute atomic E-state index is 0.206. The van der Waals surface area contributed by atoms with E-state index in [0.717, 1.165) is 23.5 Å². The van der Waals surface area contributed by atoms with Crippen molar-refractivity contribution in [3.8, 4) is 5.75 Å². The Morgan fingerprint density at radius 2 is 1.96 bits per heavy atom. The monoisotopic (exact) mass is 387 g/mol. The highest BCUT2D eigenvalue weighted by molar-refractivity contribution is 6.00. The van der Waals surface area contributed by atoms with Crippen LogP contribution in [0.3, 0.4) is 0 Å². The van der Waals surface area contributed by atoms with E-state index in [9.17, 15) is 13.6 Å². The average molecular weight is 387 g/mol. The summed E-state index contributed by atoms with van der Waals surface area (Å²) in [5.74, 6) is -1.68. The van der Waals surface area contributed by atoms with Gasteiger partial charge in [-0.05, 0) is 50.5 Å². The summed E-state index contributed by atoms with van der Waals surface area (Å²) in [5.41, 5.74) is 3.61. The van der Waals surface area contributed by atoms with Gasteiger partial charge in [-0.1, -0.05) is 6.92 Å². The maximum Gasteiger partial charge on any atom is 0.255 e. The van der Waals surface area contributed by atoms with Crippen molar-refractivity contribution in [1.82, 2.24) is 14.7 Å². The van der Waals surface area contributed by atoms with Crippen molar-refractivity contribution < 1.29 is 18.3 Å². The normalized spacial score (nSPS) is 11.0. The number of nitrogens with zero attached hydrogens (tertiary/aromatic N) is 2. The van der Waals surface area contributed by atoms with Crippen LogP contribution in [0.25, 0.3) is 5.65 Å². The van der Waals surface area contributed by atoms with E-state index in [4.69, 9.17) is 4.74 Å². The smallest absolute Gasteiger partial charge is 0.255 e. The van der Waals surface area contributed by atoms with Gasteiger partial charge in [0.2, 0.25) is 0 Å². The number of ether oxygens (including phenoxy) is 1. The molecule has 28 heavy (non-hydrogen) atoms. The van der Waals surface area contributed by atoms with E-state index < -0.39 is 11.6 Å². The van der Waals surface area contributed by atoms with Crippen molar-refractivity contribution in [3.05, 3.63) is 64.6 Å². The number of hydrogen-bond donors (Lipinski definition) is 1. The molecule has 3 rings (SSSR count). The molecule has 0 radical (unpaired) electrons. The lowest BCUT2D eigenvalue weighted by Gasteiger charge is -2.11. The predicted molar refractivity (Wildman–Crippen MR) is 103 cm³/mol. The van der Waals surface area contributed by atoms with Crippen molar-refractivity contribution in [3.63, 3.8) is 0 Å². The molecule has 0 fully saturated rings. The van der Waals surface area contributed by atoms with Crippen molar-refractivity contribution in [2.45, 2.75) is 33.6 Å². The molecule has 1 aromatic carbocycles. The first-order chi connectivity index (χ1) is 13.4. The van der Waals surface area contributed by atoms with Crippen molar-refractivity contribution in [2.75, 3.05) is 13.2 Å². The number of hydrogen-bond acceptors (Lipinski definition) is 3. The lowest BCUT2D eigenvalue weighted by Crippen LogP contribution is -2.25. The van der Waals surface area contributed by atoms with Crippen LogP contribution in [-0.2, 0) is 6.42 Å². The van der Waals surface area contributed by atoms with E-state index in [-0.39, 0.29) is 12.5 Å².